The van der Waals surface area contributed by atoms with E-state index >= 15 is 0 Å². The number of likely N-dealkylation sites (N-methyl/N-ethyl adjacent to an activating group) is 1. The maximum Gasteiger partial charge on any atom is 0.271 e. The first-order chi connectivity index (χ1) is 9.06. The summed E-state index contributed by atoms with van der Waals surface area (Å²) in [5.41, 5.74) is 0.376. The Morgan fingerprint density at radius 3 is 2.89 bits per heavy atom. The minimum Gasteiger partial charge on any atom is -0.346 e. The third-order valence-corrected chi connectivity index (χ3v) is 3.34. The maximum absolute atomic E-state index is 12.1. The predicted octanol–water partition coefficient (Wildman–Crippen LogP) is -0.302. The molecule has 1 aromatic rings. The van der Waals surface area contributed by atoms with Crippen LogP contribution in [0.4, 0.5) is 0 Å². The van der Waals surface area contributed by atoms with E-state index in [0.717, 1.165) is 19.6 Å². The zero-order valence-corrected chi connectivity index (χ0v) is 11.7. The van der Waals surface area contributed by atoms with E-state index in [2.05, 4.69) is 46.2 Å². The minimum atomic E-state index is -0.142. The van der Waals surface area contributed by atoms with E-state index < -0.39 is 0 Å². The molecule has 0 bridgehead atoms. The first-order valence-corrected chi connectivity index (χ1v) is 6.46. The Hall–Kier alpha value is -1.53. The molecule has 0 saturated carbocycles. The fourth-order valence-electron chi connectivity index (χ4n) is 2.56. The largest absolute Gasteiger partial charge is 0.346 e. The average Bonchev–Trinajstić information content (AvgIpc) is 2.69. The van der Waals surface area contributed by atoms with Crippen molar-refractivity contribution in [1.29, 1.82) is 0 Å². The van der Waals surface area contributed by atoms with E-state index in [9.17, 15) is 4.79 Å². The van der Waals surface area contributed by atoms with Crippen molar-refractivity contribution in [3.05, 3.63) is 24.3 Å². The molecule has 0 spiro atoms. The molecule has 104 valence electrons. The zero-order chi connectivity index (χ0) is 13.8. The molecule has 1 N–H and O–H groups in total. The second-order valence-corrected chi connectivity index (χ2v) is 5.41. The van der Waals surface area contributed by atoms with Gasteiger partial charge < -0.3 is 15.1 Å². The van der Waals surface area contributed by atoms with Gasteiger partial charge >= 0.3 is 0 Å². The maximum atomic E-state index is 12.1. The molecule has 1 amide bonds. The summed E-state index contributed by atoms with van der Waals surface area (Å²) in [6.07, 6.45) is 4.59. The van der Waals surface area contributed by atoms with E-state index in [-0.39, 0.29) is 11.9 Å². The second kappa shape index (κ2) is 6.08. The molecule has 2 heterocycles. The Labute approximate surface area is 113 Å². The summed E-state index contributed by atoms with van der Waals surface area (Å²) in [6, 6.07) is 0.168. The third kappa shape index (κ3) is 3.71. The molecule has 1 saturated heterocycles. The molecule has 1 aliphatic heterocycles. The number of rotatable bonds is 4. The number of hydrogen-bond acceptors (Lipinski definition) is 5. The van der Waals surface area contributed by atoms with Gasteiger partial charge in [0.1, 0.15) is 5.69 Å². The first-order valence-electron chi connectivity index (χ1n) is 6.46. The van der Waals surface area contributed by atoms with Crippen LogP contribution < -0.4 is 5.32 Å². The molecule has 0 radical (unpaired) electrons. The van der Waals surface area contributed by atoms with E-state index in [1.807, 2.05) is 0 Å². The lowest BCUT2D eigenvalue weighted by atomic mass is 10.0. The summed E-state index contributed by atoms with van der Waals surface area (Å²) in [4.78, 5) is 24.4. The van der Waals surface area contributed by atoms with Crippen LogP contribution in [-0.4, -0.2) is 72.5 Å². The van der Waals surface area contributed by atoms with E-state index in [1.54, 1.807) is 6.20 Å². The number of carbonyl (C=O) groups excluding carboxylic acids is 1. The highest BCUT2D eigenvalue weighted by molar-refractivity contribution is 5.92. The number of nitrogens with one attached hydrogen (secondary N) is 1. The van der Waals surface area contributed by atoms with Crippen LogP contribution in [0.25, 0.3) is 0 Å². The molecule has 1 fully saturated rings. The van der Waals surface area contributed by atoms with Crippen molar-refractivity contribution in [3.63, 3.8) is 0 Å². The molecule has 2 rings (SSSR count). The molecule has 0 unspecified atom stereocenters. The van der Waals surface area contributed by atoms with Crippen molar-refractivity contribution in [3.8, 4) is 0 Å². The fraction of sp³-hybridized carbons (Fsp3) is 0.615. The number of aromatic nitrogens is 2. The van der Waals surface area contributed by atoms with Gasteiger partial charge in [-0.1, -0.05) is 0 Å². The molecule has 6 nitrogen and oxygen atoms in total. The highest BCUT2D eigenvalue weighted by Gasteiger charge is 2.32. The van der Waals surface area contributed by atoms with Crippen molar-refractivity contribution in [2.24, 2.45) is 5.92 Å². The normalized spacial score (nSPS) is 23.8. The Bertz CT molecular complexity index is 422. The quantitative estimate of drug-likeness (QED) is 0.808. The van der Waals surface area contributed by atoms with Gasteiger partial charge in [-0.3, -0.25) is 9.78 Å². The lowest BCUT2D eigenvalue weighted by Gasteiger charge is -2.22. The van der Waals surface area contributed by atoms with Crippen molar-refractivity contribution < 1.29 is 4.79 Å². The van der Waals surface area contributed by atoms with Gasteiger partial charge in [0.15, 0.2) is 0 Å². The lowest BCUT2D eigenvalue weighted by molar-refractivity contribution is 0.0921. The third-order valence-electron chi connectivity index (χ3n) is 3.34. The van der Waals surface area contributed by atoms with E-state index in [1.165, 1.54) is 12.4 Å². The van der Waals surface area contributed by atoms with Crippen molar-refractivity contribution >= 4 is 5.91 Å². The van der Waals surface area contributed by atoms with Crippen LogP contribution in [-0.2, 0) is 0 Å². The van der Waals surface area contributed by atoms with Crippen molar-refractivity contribution in [2.45, 2.75) is 6.04 Å². The summed E-state index contributed by atoms with van der Waals surface area (Å²) in [5.74, 6) is 0.303. The zero-order valence-electron chi connectivity index (χ0n) is 11.7. The molecule has 0 aliphatic carbocycles. The van der Waals surface area contributed by atoms with Crippen molar-refractivity contribution in [1.82, 2.24) is 25.1 Å². The summed E-state index contributed by atoms with van der Waals surface area (Å²) in [5, 5.41) is 3.07. The summed E-state index contributed by atoms with van der Waals surface area (Å²) >= 11 is 0. The van der Waals surface area contributed by atoms with Crippen LogP contribution >= 0.6 is 0 Å². The monoisotopic (exact) mass is 263 g/mol. The standard InChI is InChI=1S/C13H21N5O/c1-17(2)7-10-8-18(3)9-12(10)16-13(19)11-6-14-4-5-15-11/h4-6,10,12H,7-9H2,1-3H3,(H,16,19)/t10-,12-/m1/s1. The molecule has 1 aromatic heterocycles. The van der Waals surface area contributed by atoms with Crippen LogP contribution in [0.1, 0.15) is 10.5 Å². The molecular formula is C13H21N5O. The Kier molecular flexibility index (Phi) is 4.44. The highest BCUT2D eigenvalue weighted by Crippen LogP contribution is 2.16. The Balaban J connectivity index is 1.99. The highest BCUT2D eigenvalue weighted by atomic mass is 16.2. The van der Waals surface area contributed by atoms with Crippen LogP contribution in [0.3, 0.4) is 0 Å². The van der Waals surface area contributed by atoms with Crippen LogP contribution in [0, 0.1) is 5.92 Å². The smallest absolute Gasteiger partial charge is 0.271 e. The van der Waals surface area contributed by atoms with Gasteiger partial charge in [-0.05, 0) is 21.1 Å². The number of likely N-dealkylation sites (tertiary alicyclic amines) is 1. The Morgan fingerprint density at radius 2 is 2.26 bits per heavy atom. The van der Waals surface area contributed by atoms with Gasteiger partial charge in [-0.25, -0.2) is 4.98 Å². The van der Waals surface area contributed by atoms with E-state index in [4.69, 9.17) is 0 Å². The summed E-state index contributed by atoms with van der Waals surface area (Å²) < 4.78 is 0. The number of amides is 1. The van der Waals surface area contributed by atoms with Gasteiger partial charge in [-0.2, -0.15) is 0 Å². The fourth-order valence-corrected chi connectivity index (χ4v) is 2.56. The molecule has 19 heavy (non-hydrogen) atoms. The number of carbonyl (C=O) groups is 1. The molecule has 0 aromatic carbocycles. The summed E-state index contributed by atoms with van der Waals surface area (Å²) in [6.45, 7) is 2.85. The van der Waals surface area contributed by atoms with Gasteiger partial charge in [-0.15, -0.1) is 0 Å². The van der Waals surface area contributed by atoms with Crippen molar-refractivity contribution in [2.75, 3.05) is 40.8 Å². The van der Waals surface area contributed by atoms with Crippen LogP contribution in [0.2, 0.25) is 0 Å². The van der Waals surface area contributed by atoms with Gasteiger partial charge in [0.25, 0.3) is 5.91 Å². The SMILES string of the molecule is CN(C)C[C@@H]1CN(C)C[C@H]1NC(=O)c1cnccn1. The summed E-state index contributed by atoms with van der Waals surface area (Å²) in [7, 11) is 6.19. The Morgan fingerprint density at radius 1 is 1.47 bits per heavy atom. The average molecular weight is 263 g/mol. The van der Waals surface area contributed by atoms with E-state index in [0.29, 0.717) is 11.6 Å². The van der Waals surface area contributed by atoms with Gasteiger partial charge in [0.2, 0.25) is 0 Å². The topological polar surface area (TPSA) is 61.4 Å². The number of nitrogens with zero attached hydrogens (tertiary/aromatic N) is 4. The lowest BCUT2D eigenvalue weighted by Crippen LogP contribution is -2.43. The first kappa shape index (κ1) is 13.9. The minimum absolute atomic E-state index is 0.142. The van der Waals surface area contributed by atoms with Gasteiger partial charge in [0, 0.05) is 44.0 Å². The van der Waals surface area contributed by atoms with Gasteiger partial charge in [0.05, 0.1) is 6.20 Å². The predicted molar refractivity (Wildman–Crippen MR) is 72.8 cm³/mol. The van der Waals surface area contributed by atoms with Crippen LogP contribution in [0.15, 0.2) is 18.6 Å². The molecule has 6 heteroatoms. The molecular weight excluding hydrogens is 242 g/mol. The molecule has 1 aliphatic rings. The van der Waals surface area contributed by atoms with Crippen LogP contribution in [0.5, 0.6) is 0 Å². The number of hydrogen-bond donors (Lipinski definition) is 1. The molecule has 2 atom stereocenters. The second-order valence-electron chi connectivity index (χ2n) is 5.41.